The topological polar surface area (TPSA) is 60.2 Å². The average Bonchev–Trinajstić information content (AvgIpc) is 2.22. The first kappa shape index (κ1) is 14.9. The Kier molecular flexibility index (Phi) is 5.34. The van der Waals surface area contributed by atoms with Gasteiger partial charge in [0.1, 0.15) is 0 Å². The van der Waals surface area contributed by atoms with Crippen molar-refractivity contribution in [3.63, 3.8) is 0 Å². The second-order valence-electron chi connectivity index (χ2n) is 3.95. The number of sulfone groups is 1. The van der Waals surface area contributed by atoms with Crippen LogP contribution in [0.4, 0.5) is 5.69 Å². The molecular weight excluding hydrogens is 322 g/mol. The fourth-order valence-electron chi connectivity index (χ4n) is 1.14. The van der Waals surface area contributed by atoms with Crippen LogP contribution >= 0.6 is 27.7 Å². The summed E-state index contributed by atoms with van der Waals surface area (Å²) in [5, 5.41) is -0.317. The third-order valence-corrected chi connectivity index (χ3v) is 6.35. The molecule has 0 bridgehead atoms. The number of rotatable bonds is 5. The summed E-state index contributed by atoms with van der Waals surface area (Å²) in [5.74, 6) is 0.711. The minimum absolute atomic E-state index is 0.182. The molecule has 0 aliphatic carbocycles. The van der Waals surface area contributed by atoms with Crippen LogP contribution in [0.25, 0.3) is 0 Å². The van der Waals surface area contributed by atoms with Crippen molar-refractivity contribution in [3.8, 4) is 0 Å². The lowest BCUT2D eigenvalue weighted by Crippen LogP contribution is -2.18. The molecule has 1 aromatic carbocycles. The van der Waals surface area contributed by atoms with Crippen molar-refractivity contribution in [1.29, 1.82) is 0 Å². The standard InChI is InChI=1S/C11H16BrNO2S2/c1-8(2)17(14,15)6-5-16-11-7-9(12)3-4-10(11)13/h3-4,7-8H,5-6,13H2,1-2H3. The molecule has 0 unspecified atom stereocenters. The minimum atomic E-state index is -2.96. The lowest BCUT2D eigenvalue weighted by atomic mass is 10.3. The predicted molar refractivity (Wildman–Crippen MR) is 78.2 cm³/mol. The molecule has 0 fully saturated rings. The van der Waals surface area contributed by atoms with Crippen LogP contribution in [0.1, 0.15) is 13.8 Å². The van der Waals surface area contributed by atoms with E-state index in [1.54, 1.807) is 13.8 Å². The van der Waals surface area contributed by atoms with Gasteiger partial charge in [0.25, 0.3) is 0 Å². The van der Waals surface area contributed by atoms with Gasteiger partial charge in [-0.1, -0.05) is 15.9 Å². The summed E-state index contributed by atoms with van der Waals surface area (Å²) >= 11 is 4.84. The molecule has 0 atom stereocenters. The first-order chi connectivity index (χ1) is 7.83. The van der Waals surface area contributed by atoms with Crippen molar-refractivity contribution in [1.82, 2.24) is 0 Å². The van der Waals surface area contributed by atoms with Gasteiger partial charge in [-0.15, -0.1) is 11.8 Å². The van der Waals surface area contributed by atoms with E-state index in [4.69, 9.17) is 5.73 Å². The lowest BCUT2D eigenvalue weighted by Gasteiger charge is -2.08. The summed E-state index contributed by atoms with van der Waals surface area (Å²) in [6, 6.07) is 5.58. The quantitative estimate of drug-likeness (QED) is 0.662. The van der Waals surface area contributed by atoms with E-state index >= 15 is 0 Å². The molecular formula is C11H16BrNO2S2. The van der Waals surface area contributed by atoms with Crippen molar-refractivity contribution < 1.29 is 8.42 Å². The van der Waals surface area contributed by atoms with Gasteiger partial charge in [-0.05, 0) is 32.0 Å². The Morgan fingerprint density at radius 1 is 1.41 bits per heavy atom. The van der Waals surface area contributed by atoms with Crippen LogP contribution in [0.3, 0.4) is 0 Å². The normalized spacial score (nSPS) is 12.0. The van der Waals surface area contributed by atoms with E-state index in [1.165, 1.54) is 11.8 Å². The van der Waals surface area contributed by atoms with Gasteiger partial charge in [0.15, 0.2) is 9.84 Å². The predicted octanol–water partition coefficient (Wildman–Crippen LogP) is 2.95. The summed E-state index contributed by atoms with van der Waals surface area (Å²) in [6.45, 7) is 3.40. The molecule has 0 aliphatic rings. The molecule has 0 spiro atoms. The van der Waals surface area contributed by atoms with Crippen LogP contribution in [0.5, 0.6) is 0 Å². The van der Waals surface area contributed by atoms with Gasteiger partial charge in [0.05, 0.1) is 11.0 Å². The fraction of sp³-hybridized carbons (Fsp3) is 0.455. The Labute approximate surface area is 115 Å². The molecule has 6 heteroatoms. The summed E-state index contributed by atoms with van der Waals surface area (Å²) < 4.78 is 24.2. The van der Waals surface area contributed by atoms with E-state index in [1.807, 2.05) is 18.2 Å². The maximum atomic E-state index is 11.6. The number of thioether (sulfide) groups is 1. The largest absolute Gasteiger partial charge is 0.398 e. The molecule has 0 amide bonds. The van der Waals surface area contributed by atoms with Crippen LogP contribution in [0.15, 0.2) is 27.6 Å². The van der Waals surface area contributed by atoms with Gasteiger partial charge in [-0.2, -0.15) is 0 Å². The molecule has 0 saturated carbocycles. The Hall–Kier alpha value is -0.200. The van der Waals surface area contributed by atoms with Crippen LogP contribution in [-0.2, 0) is 9.84 Å². The Bertz CT molecular complexity index is 486. The molecule has 0 aliphatic heterocycles. The second-order valence-corrected chi connectivity index (χ2v) is 8.68. The average molecular weight is 338 g/mol. The van der Waals surface area contributed by atoms with E-state index in [2.05, 4.69) is 15.9 Å². The highest BCUT2D eigenvalue weighted by Gasteiger charge is 2.15. The van der Waals surface area contributed by atoms with E-state index in [9.17, 15) is 8.42 Å². The van der Waals surface area contributed by atoms with Gasteiger partial charge in [0, 0.05) is 20.8 Å². The number of nitrogen functional groups attached to an aromatic ring is 1. The first-order valence-electron chi connectivity index (χ1n) is 5.22. The van der Waals surface area contributed by atoms with E-state index in [-0.39, 0.29) is 11.0 Å². The van der Waals surface area contributed by atoms with Gasteiger partial charge in [-0.25, -0.2) is 8.42 Å². The van der Waals surface area contributed by atoms with Gasteiger partial charge >= 0.3 is 0 Å². The third-order valence-electron chi connectivity index (χ3n) is 2.32. The molecule has 17 heavy (non-hydrogen) atoms. The molecule has 0 radical (unpaired) electrons. The summed E-state index contributed by atoms with van der Waals surface area (Å²) in [6.07, 6.45) is 0. The molecule has 96 valence electrons. The van der Waals surface area contributed by atoms with Crippen molar-refractivity contribution >= 4 is 43.2 Å². The van der Waals surface area contributed by atoms with Crippen LogP contribution in [0, 0.1) is 0 Å². The fourth-order valence-corrected chi connectivity index (χ4v) is 4.05. The maximum Gasteiger partial charge on any atom is 0.153 e. The van der Waals surface area contributed by atoms with Gasteiger partial charge < -0.3 is 5.73 Å². The zero-order chi connectivity index (χ0) is 13.1. The molecule has 0 saturated heterocycles. The Balaban J connectivity index is 2.60. The smallest absolute Gasteiger partial charge is 0.153 e. The number of nitrogens with two attached hydrogens (primary N) is 1. The van der Waals surface area contributed by atoms with Crippen LogP contribution in [-0.4, -0.2) is 25.2 Å². The van der Waals surface area contributed by atoms with Gasteiger partial charge in [-0.3, -0.25) is 0 Å². The van der Waals surface area contributed by atoms with Crippen molar-refractivity contribution in [2.24, 2.45) is 0 Å². The SMILES string of the molecule is CC(C)S(=O)(=O)CCSc1cc(Br)ccc1N. The van der Waals surface area contributed by atoms with E-state index in [0.717, 1.165) is 9.37 Å². The summed E-state index contributed by atoms with van der Waals surface area (Å²) in [4.78, 5) is 0.915. The monoisotopic (exact) mass is 337 g/mol. The van der Waals surface area contributed by atoms with Crippen molar-refractivity contribution in [2.45, 2.75) is 24.0 Å². The number of hydrogen-bond donors (Lipinski definition) is 1. The second kappa shape index (κ2) is 6.11. The Morgan fingerprint density at radius 3 is 2.65 bits per heavy atom. The van der Waals surface area contributed by atoms with Crippen molar-refractivity contribution in [3.05, 3.63) is 22.7 Å². The molecule has 2 N–H and O–H groups in total. The molecule has 3 nitrogen and oxygen atoms in total. The zero-order valence-corrected chi connectivity index (χ0v) is 13.0. The molecule has 1 aromatic rings. The van der Waals surface area contributed by atoms with Crippen LogP contribution in [0.2, 0.25) is 0 Å². The third kappa shape index (κ3) is 4.52. The molecule has 0 aromatic heterocycles. The molecule has 1 rings (SSSR count). The lowest BCUT2D eigenvalue weighted by molar-refractivity contribution is 0.589. The van der Waals surface area contributed by atoms with E-state index in [0.29, 0.717) is 11.4 Å². The first-order valence-corrected chi connectivity index (χ1v) is 8.71. The highest BCUT2D eigenvalue weighted by atomic mass is 79.9. The molecule has 0 heterocycles. The van der Waals surface area contributed by atoms with Crippen molar-refractivity contribution in [2.75, 3.05) is 17.2 Å². The number of halogens is 1. The maximum absolute atomic E-state index is 11.6. The summed E-state index contributed by atoms with van der Waals surface area (Å²) in [5.41, 5.74) is 6.49. The highest BCUT2D eigenvalue weighted by Crippen LogP contribution is 2.28. The van der Waals surface area contributed by atoms with Gasteiger partial charge in [0.2, 0.25) is 0 Å². The number of anilines is 1. The van der Waals surface area contributed by atoms with E-state index < -0.39 is 9.84 Å². The minimum Gasteiger partial charge on any atom is -0.398 e. The Morgan fingerprint density at radius 2 is 2.06 bits per heavy atom. The number of benzene rings is 1. The zero-order valence-electron chi connectivity index (χ0n) is 9.81. The summed E-state index contributed by atoms with van der Waals surface area (Å²) in [7, 11) is -2.96. The van der Waals surface area contributed by atoms with Crippen LogP contribution < -0.4 is 5.73 Å². The highest BCUT2D eigenvalue weighted by molar-refractivity contribution is 9.10. The number of hydrogen-bond acceptors (Lipinski definition) is 4.